The molecule has 1 N–H and O–H groups in total. The van der Waals surface area contributed by atoms with E-state index in [-0.39, 0.29) is 29.3 Å². The molecule has 8 heteroatoms. The van der Waals surface area contributed by atoms with Gasteiger partial charge in [-0.1, -0.05) is 30.8 Å². The second kappa shape index (κ2) is 7.11. The number of aromatic nitrogens is 3. The number of oxazole rings is 1. The van der Waals surface area contributed by atoms with Gasteiger partial charge in [0.15, 0.2) is 11.4 Å². The molecule has 27 heavy (non-hydrogen) atoms. The number of para-hydroxylation sites is 2. The van der Waals surface area contributed by atoms with Crippen LogP contribution in [0, 0.1) is 12.8 Å². The van der Waals surface area contributed by atoms with Gasteiger partial charge in [-0.25, -0.2) is 15.0 Å². The number of carbonyl (C=O) groups excluding carboxylic acids is 2. The SMILES string of the molecule is Cc1nc(NC(=O)CSc2nc3ccccc3o2)nc2c1C(=O)C[C@H](C)C2. The van der Waals surface area contributed by atoms with E-state index in [1.807, 2.05) is 31.2 Å². The van der Waals surface area contributed by atoms with Gasteiger partial charge in [0, 0.05) is 6.42 Å². The summed E-state index contributed by atoms with van der Waals surface area (Å²) in [5.41, 5.74) is 3.37. The number of hydrogen-bond acceptors (Lipinski definition) is 7. The Labute approximate surface area is 160 Å². The van der Waals surface area contributed by atoms with Gasteiger partial charge in [-0.15, -0.1) is 0 Å². The van der Waals surface area contributed by atoms with Crippen molar-refractivity contribution in [2.24, 2.45) is 5.92 Å². The molecule has 0 bridgehead atoms. The minimum Gasteiger partial charge on any atom is -0.431 e. The van der Waals surface area contributed by atoms with E-state index >= 15 is 0 Å². The lowest BCUT2D eigenvalue weighted by Crippen LogP contribution is -2.24. The molecule has 1 aliphatic carbocycles. The van der Waals surface area contributed by atoms with Gasteiger partial charge in [-0.2, -0.15) is 0 Å². The van der Waals surface area contributed by atoms with Crippen LogP contribution in [0.1, 0.15) is 35.1 Å². The number of Topliss-reactive ketones (excluding diaryl/α,β-unsaturated/α-hetero) is 1. The Kier molecular flexibility index (Phi) is 4.65. The zero-order valence-electron chi connectivity index (χ0n) is 15.0. The van der Waals surface area contributed by atoms with Crippen LogP contribution in [-0.2, 0) is 11.2 Å². The maximum atomic E-state index is 12.3. The number of aryl methyl sites for hydroxylation is 1. The second-order valence-corrected chi connectivity index (χ2v) is 7.60. The van der Waals surface area contributed by atoms with E-state index in [1.165, 1.54) is 11.8 Å². The zero-order chi connectivity index (χ0) is 19.0. The molecule has 1 aliphatic rings. The van der Waals surface area contributed by atoms with E-state index in [4.69, 9.17) is 4.42 Å². The van der Waals surface area contributed by atoms with Crippen LogP contribution in [0.15, 0.2) is 33.9 Å². The van der Waals surface area contributed by atoms with Gasteiger partial charge in [0.2, 0.25) is 11.9 Å². The molecule has 0 saturated carbocycles. The summed E-state index contributed by atoms with van der Waals surface area (Å²) < 4.78 is 5.59. The molecule has 1 atom stereocenters. The van der Waals surface area contributed by atoms with Gasteiger partial charge in [0.05, 0.1) is 22.7 Å². The summed E-state index contributed by atoms with van der Waals surface area (Å²) in [7, 11) is 0. The summed E-state index contributed by atoms with van der Waals surface area (Å²) >= 11 is 1.21. The quantitative estimate of drug-likeness (QED) is 0.690. The first-order valence-corrected chi connectivity index (χ1v) is 9.67. The first-order chi connectivity index (χ1) is 13.0. The number of ketones is 1. The molecule has 138 valence electrons. The van der Waals surface area contributed by atoms with Crippen molar-refractivity contribution < 1.29 is 14.0 Å². The van der Waals surface area contributed by atoms with Crippen LogP contribution in [0.5, 0.6) is 0 Å². The fraction of sp³-hybridized carbons (Fsp3) is 0.316. The summed E-state index contributed by atoms with van der Waals surface area (Å²) in [4.78, 5) is 37.5. The molecule has 0 spiro atoms. The fourth-order valence-electron chi connectivity index (χ4n) is 3.22. The first kappa shape index (κ1) is 17.7. The maximum Gasteiger partial charge on any atom is 0.257 e. The molecule has 0 saturated heterocycles. The summed E-state index contributed by atoms with van der Waals surface area (Å²) in [6, 6.07) is 7.44. The number of thioether (sulfide) groups is 1. The van der Waals surface area contributed by atoms with Gasteiger partial charge in [0.25, 0.3) is 5.22 Å². The van der Waals surface area contributed by atoms with E-state index in [9.17, 15) is 9.59 Å². The molecular weight excluding hydrogens is 364 g/mol. The number of benzene rings is 1. The first-order valence-electron chi connectivity index (χ1n) is 8.68. The number of hydrogen-bond donors (Lipinski definition) is 1. The van der Waals surface area contributed by atoms with Gasteiger partial charge in [-0.05, 0) is 31.4 Å². The molecule has 3 aromatic rings. The largest absolute Gasteiger partial charge is 0.431 e. The van der Waals surface area contributed by atoms with Gasteiger partial charge in [-0.3, -0.25) is 14.9 Å². The van der Waals surface area contributed by atoms with Crippen molar-refractivity contribution in [1.82, 2.24) is 15.0 Å². The van der Waals surface area contributed by atoms with E-state index in [0.29, 0.717) is 40.6 Å². The standard InChI is InChI=1S/C19H18N4O3S/c1-10-7-13-17(14(24)8-10)11(2)20-18(21-13)23-16(25)9-27-19-22-12-5-3-4-6-15(12)26-19/h3-6,10H,7-9H2,1-2H3,(H,20,21,23,25)/t10-/m1/s1. The Bertz CT molecular complexity index is 1010. The third kappa shape index (κ3) is 3.71. The average molecular weight is 382 g/mol. The molecule has 2 aromatic heterocycles. The highest BCUT2D eigenvalue weighted by Gasteiger charge is 2.26. The highest BCUT2D eigenvalue weighted by atomic mass is 32.2. The lowest BCUT2D eigenvalue weighted by Gasteiger charge is -2.21. The number of rotatable bonds is 4. The molecule has 0 aliphatic heterocycles. The van der Waals surface area contributed by atoms with Crippen LogP contribution in [0.2, 0.25) is 0 Å². The zero-order valence-corrected chi connectivity index (χ0v) is 15.8. The van der Waals surface area contributed by atoms with Crippen molar-refractivity contribution in [2.45, 2.75) is 31.9 Å². The lowest BCUT2D eigenvalue weighted by atomic mass is 9.86. The van der Waals surface area contributed by atoms with Crippen molar-refractivity contribution in [3.05, 3.63) is 41.2 Å². The minimum atomic E-state index is -0.253. The highest BCUT2D eigenvalue weighted by molar-refractivity contribution is 7.99. The third-order valence-corrected chi connectivity index (χ3v) is 5.20. The summed E-state index contributed by atoms with van der Waals surface area (Å²) in [5, 5.41) is 3.14. The monoisotopic (exact) mass is 382 g/mol. The summed E-state index contributed by atoms with van der Waals surface area (Å²) in [6.45, 7) is 3.80. The Morgan fingerprint density at radius 3 is 2.89 bits per heavy atom. The highest BCUT2D eigenvalue weighted by Crippen LogP contribution is 2.27. The van der Waals surface area contributed by atoms with Crippen LogP contribution in [-0.4, -0.2) is 32.4 Å². The van der Waals surface area contributed by atoms with E-state index in [0.717, 1.165) is 5.52 Å². The normalized spacial score (nSPS) is 16.4. The second-order valence-electron chi connectivity index (χ2n) is 6.68. The van der Waals surface area contributed by atoms with E-state index in [1.54, 1.807) is 6.92 Å². The summed E-state index contributed by atoms with van der Waals surface area (Å²) in [6.07, 6.45) is 1.23. The Hall–Kier alpha value is -2.74. The van der Waals surface area contributed by atoms with E-state index < -0.39 is 0 Å². The molecule has 7 nitrogen and oxygen atoms in total. The molecule has 4 rings (SSSR count). The predicted octanol–water partition coefficient (Wildman–Crippen LogP) is 3.42. The van der Waals surface area contributed by atoms with Crippen molar-refractivity contribution in [3.8, 4) is 0 Å². The fourth-order valence-corrected chi connectivity index (χ4v) is 3.86. The van der Waals surface area contributed by atoms with Gasteiger partial charge in [0.1, 0.15) is 5.52 Å². The van der Waals surface area contributed by atoms with Gasteiger partial charge >= 0.3 is 0 Å². The lowest BCUT2D eigenvalue weighted by molar-refractivity contribution is -0.113. The molecule has 2 heterocycles. The van der Waals surface area contributed by atoms with Gasteiger partial charge < -0.3 is 4.42 Å². The van der Waals surface area contributed by atoms with Crippen LogP contribution in [0.25, 0.3) is 11.1 Å². The van der Waals surface area contributed by atoms with Crippen LogP contribution in [0.4, 0.5) is 5.95 Å². The molecule has 0 radical (unpaired) electrons. The number of carbonyl (C=O) groups is 2. The van der Waals surface area contributed by atoms with E-state index in [2.05, 4.69) is 20.3 Å². The Balaban J connectivity index is 1.44. The molecule has 1 aromatic carbocycles. The van der Waals surface area contributed by atoms with Crippen LogP contribution >= 0.6 is 11.8 Å². The molecule has 1 amide bonds. The van der Waals surface area contributed by atoms with Crippen LogP contribution in [0.3, 0.4) is 0 Å². The number of amides is 1. The van der Waals surface area contributed by atoms with Crippen molar-refractivity contribution in [3.63, 3.8) is 0 Å². The average Bonchev–Trinajstić information content (AvgIpc) is 3.02. The number of nitrogens with one attached hydrogen (secondary N) is 1. The number of fused-ring (bicyclic) bond motifs is 2. The smallest absolute Gasteiger partial charge is 0.257 e. The Morgan fingerprint density at radius 1 is 1.26 bits per heavy atom. The Morgan fingerprint density at radius 2 is 2.07 bits per heavy atom. The molecular formula is C19H18N4O3S. The third-order valence-electron chi connectivity index (χ3n) is 4.37. The van der Waals surface area contributed by atoms with Crippen LogP contribution < -0.4 is 5.32 Å². The molecule has 0 fully saturated rings. The minimum absolute atomic E-state index is 0.0747. The predicted molar refractivity (Wildman–Crippen MR) is 102 cm³/mol. The topological polar surface area (TPSA) is 98.0 Å². The van der Waals surface area contributed by atoms with Crippen molar-refractivity contribution in [2.75, 3.05) is 11.1 Å². The number of nitrogens with zero attached hydrogens (tertiary/aromatic N) is 3. The van der Waals surface area contributed by atoms with Crippen molar-refractivity contribution >= 4 is 40.5 Å². The number of anilines is 1. The molecule has 0 unspecified atom stereocenters. The summed E-state index contributed by atoms with van der Waals surface area (Å²) in [5.74, 6) is 0.429. The van der Waals surface area contributed by atoms with Crippen molar-refractivity contribution in [1.29, 1.82) is 0 Å². The maximum absolute atomic E-state index is 12.3.